The van der Waals surface area contributed by atoms with E-state index in [0.717, 1.165) is 17.2 Å². The molecular formula is C14H14O5. The van der Waals surface area contributed by atoms with Gasteiger partial charge in [-0.05, 0) is 12.5 Å². The first-order valence-electron chi connectivity index (χ1n) is 5.62. The lowest BCUT2D eigenvalue weighted by Crippen LogP contribution is -2.14. The van der Waals surface area contributed by atoms with E-state index in [0.29, 0.717) is 6.08 Å². The maximum absolute atomic E-state index is 11.5. The van der Waals surface area contributed by atoms with Crippen molar-refractivity contribution in [3.05, 3.63) is 47.5 Å². The van der Waals surface area contributed by atoms with Crippen molar-refractivity contribution in [2.24, 2.45) is 0 Å². The predicted molar refractivity (Wildman–Crippen MR) is 67.6 cm³/mol. The zero-order valence-electron chi connectivity index (χ0n) is 10.5. The largest absolute Gasteiger partial charge is 0.478 e. The van der Waals surface area contributed by atoms with Crippen LogP contribution in [-0.4, -0.2) is 29.4 Å². The number of aryl methyl sites for hydroxylation is 1. The van der Waals surface area contributed by atoms with E-state index in [2.05, 4.69) is 4.74 Å². The number of rotatable bonds is 6. The molecule has 0 heterocycles. The Bertz CT molecular complexity index is 499. The predicted octanol–water partition coefficient (Wildman–Crippen LogP) is 1.29. The fourth-order valence-electron chi connectivity index (χ4n) is 1.32. The Morgan fingerprint density at radius 2 is 1.79 bits per heavy atom. The molecule has 0 spiro atoms. The fraction of sp³-hybridized carbons (Fsp3) is 0.214. The highest BCUT2D eigenvalue weighted by Gasteiger charge is 2.06. The smallest absolute Gasteiger partial charge is 0.331 e. The van der Waals surface area contributed by atoms with Gasteiger partial charge in [0.2, 0.25) is 0 Å². The van der Waals surface area contributed by atoms with Crippen LogP contribution in [0.5, 0.6) is 0 Å². The molecule has 0 aliphatic carbocycles. The summed E-state index contributed by atoms with van der Waals surface area (Å²) in [7, 11) is 0. The van der Waals surface area contributed by atoms with Crippen molar-refractivity contribution in [1.29, 1.82) is 0 Å². The number of esters is 1. The molecule has 0 saturated carbocycles. The molecule has 0 aliphatic heterocycles. The van der Waals surface area contributed by atoms with Crippen LogP contribution in [0.25, 0.3) is 0 Å². The minimum atomic E-state index is -1.25. The van der Waals surface area contributed by atoms with Gasteiger partial charge in [0, 0.05) is 18.6 Å². The number of hydrogen-bond donors (Lipinski definition) is 1. The quantitative estimate of drug-likeness (QED) is 0.617. The highest BCUT2D eigenvalue weighted by molar-refractivity contribution is 5.92. The first-order chi connectivity index (χ1) is 8.97. The van der Waals surface area contributed by atoms with Gasteiger partial charge < -0.3 is 9.84 Å². The van der Waals surface area contributed by atoms with E-state index in [1.165, 1.54) is 0 Å². The van der Waals surface area contributed by atoms with Gasteiger partial charge in [-0.25, -0.2) is 9.59 Å². The van der Waals surface area contributed by atoms with Crippen LogP contribution in [0.3, 0.4) is 0 Å². The Kier molecular flexibility index (Phi) is 5.47. The van der Waals surface area contributed by atoms with Crippen molar-refractivity contribution in [3.63, 3.8) is 0 Å². The molecular weight excluding hydrogens is 248 g/mol. The number of carboxylic acid groups (broad SMARTS) is 1. The number of Topliss-reactive ketones (excluding diaryl/α,β-unsaturated/α-hetero) is 1. The summed E-state index contributed by atoms with van der Waals surface area (Å²) in [6.07, 6.45) is 1.60. The number of carboxylic acids is 1. The molecule has 0 saturated heterocycles. The third kappa shape index (κ3) is 6.16. The van der Waals surface area contributed by atoms with Crippen molar-refractivity contribution >= 4 is 17.7 Å². The normalized spacial score (nSPS) is 10.4. The summed E-state index contributed by atoms with van der Waals surface area (Å²) in [4.78, 5) is 32.7. The van der Waals surface area contributed by atoms with Gasteiger partial charge in [-0.2, -0.15) is 0 Å². The summed E-state index contributed by atoms with van der Waals surface area (Å²) >= 11 is 0. The number of ketones is 1. The van der Waals surface area contributed by atoms with Gasteiger partial charge in [-0.15, -0.1) is 0 Å². The van der Waals surface area contributed by atoms with E-state index >= 15 is 0 Å². The highest BCUT2D eigenvalue weighted by atomic mass is 16.5. The maximum Gasteiger partial charge on any atom is 0.331 e. The number of carbonyl (C=O) groups is 3. The summed E-state index contributed by atoms with van der Waals surface area (Å²) in [5.74, 6) is -2.34. The molecule has 1 rings (SSSR count). The van der Waals surface area contributed by atoms with E-state index in [1.54, 1.807) is 0 Å². The zero-order chi connectivity index (χ0) is 14.3. The maximum atomic E-state index is 11.5. The lowest BCUT2D eigenvalue weighted by molar-refractivity contribution is -0.143. The van der Waals surface area contributed by atoms with E-state index in [1.807, 2.05) is 31.2 Å². The van der Waals surface area contributed by atoms with E-state index in [-0.39, 0.29) is 18.8 Å². The van der Waals surface area contributed by atoms with Gasteiger partial charge in [0.25, 0.3) is 0 Å². The van der Waals surface area contributed by atoms with Gasteiger partial charge in [-0.1, -0.05) is 29.8 Å². The Morgan fingerprint density at radius 1 is 1.16 bits per heavy atom. The minimum Gasteiger partial charge on any atom is -0.478 e. The van der Waals surface area contributed by atoms with Crippen molar-refractivity contribution in [1.82, 2.24) is 0 Å². The first kappa shape index (κ1) is 14.6. The van der Waals surface area contributed by atoms with Crippen LogP contribution in [-0.2, 0) is 25.5 Å². The molecule has 0 atom stereocenters. The number of aliphatic carboxylic acids is 1. The molecule has 1 aromatic carbocycles. The van der Waals surface area contributed by atoms with Crippen molar-refractivity contribution < 1.29 is 24.2 Å². The highest BCUT2D eigenvalue weighted by Crippen LogP contribution is 2.04. The van der Waals surface area contributed by atoms with Crippen LogP contribution in [0.1, 0.15) is 11.1 Å². The second-order valence-corrected chi connectivity index (χ2v) is 3.98. The van der Waals surface area contributed by atoms with E-state index < -0.39 is 11.9 Å². The topological polar surface area (TPSA) is 80.7 Å². The molecule has 19 heavy (non-hydrogen) atoms. The Hall–Kier alpha value is -2.43. The molecule has 5 heteroatoms. The molecule has 1 aromatic rings. The van der Waals surface area contributed by atoms with Crippen LogP contribution >= 0.6 is 0 Å². The third-order valence-electron chi connectivity index (χ3n) is 2.26. The van der Waals surface area contributed by atoms with E-state index in [9.17, 15) is 14.4 Å². The summed E-state index contributed by atoms with van der Waals surface area (Å²) in [5, 5.41) is 8.30. The van der Waals surface area contributed by atoms with Crippen LogP contribution < -0.4 is 0 Å². The van der Waals surface area contributed by atoms with Crippen LogP contribution in [0.15, 0.2) is 36.4 Å². The third-order valence-corrected chi connectivity index (χ3v) is 2.26. The number of hydrogen-bond acceptors (Lipinski definition) is 4. The molecule has 0 bridgehead atoms. The molecule has 0 unspecified atom stereocenters. The summed E-state index contributed by atoms with van der Waals surface area (Å²) in [6, 6.07) is 7.45. The second kappa shape index (κ2) is 7.10. The number of benzene rings is 1. The lowest BCUT2D eigenvalue weighted by Gasteiger charge is -2.02. The van der Waals surface area contributed by atoms with Crippen molar-refractivity contribution in [2.45, 2.75) is 13.3 Å². The summed E-state index contributed by atoms with van der Waals surface area (Å²) in [6.45, 7) is 1.58. The van der Waals surface area contributed by atoms with Gasteiger partial charge in [0.05, 0.1) is 0 Å². The molecule has 0 fully saturated rings. The summed E-state index contributed by atoms with van der Waals surface area (Å²) in [5.41, 5.74) is 1.94. The molecule has 1 N–H and O–H groups in total. The molecule has 0 radical (unpaired) electrons. The Labute approximate surface area is 110 Å². The molecule has 0 amide bonds. The first-order valence-corrected chi connectivity index (χ1v) is 5.62. The lowest BCUT2D eigenvalue weighted by atomic mass is 10.1. The minimum absolute atomic E-state index is 0.177. The van der Waals surface area contributed by atoms with Gasteiger partial charge in [0.15, 0.2) is 12.4 Å². The van der Waals surface area contributed by atoms with Crippen LogP contribution in [0.2, 0.25) is 0 Å². The number of carbonyl (C=O) groups excluding carboxylic acids is 2. The standard InChI is InChI=1S/C14H14O5/c1-10-2-4-11(5-3-10)8-12(15)9-19-14(18)7-6-13(16)17/h2-7H,8-9H2,1H3,(H,16,17)/b7-6+. The van der Waals surface area contributed by atoms with Gasteiger partial charge in [0.1, 0.15) is 0 Å². The van der Waals surface area contributed by atoms with Crippen molar-refractivity contribution in [3.8, 4) is 0 Å². The SMILES string of the molecule is Cc1ccc(CC(=O)COC(=O)/C=C/C(=O)O)cc1. The van der Waals surface area contributed by atoms with Crippen LogP contribution in [0.4, 0.5) is 0 Å². The zero-order valence-corrected chi connectivity index (χ0v) is 10.5. The van der Waals surface area contributed by atoms with Gasteiger partial charge in [-0.3, -0.25) is 4.79 Å². The number of ether oxygens (including phenoxy) is 1. The van der Waals surface area contributed by atoms with E-state index in [4.69, 9.17) is 5.11 Å². The molecule has 100 valence electrons. The average Bonchev–Trinajstić information content (AvgIpc) is 2.36. The molecule has 0 aliphatic rings. The average molecular weight is 262 g/mol. The van der Waals surface area contributed by atoms with Gasteiger partial charge >= 0.3 is 11.9 Å². The Balaban J connectivity index is 2.38. The molecule has 5 nitrogen and oxygen atoms in total. The van der Waals surface area contributed by atoms with Crippen molar-refractivity contribution in [2.75, 3.05) is 6.61 Å². The monoisotopic (exact) mass is 262 g/mol. The fourth-order valence-corrected chi connectivity index (χ4v) is 1.32. The summed E-state index contributed by atoms with van der Waals surface area (Å²) < 4.78 is 4.61. The second-order valence-electron chi connectivity index (χ2n) is 3.98. The molecule has 0 aromatic heterocycles. The Morgan fingerprint density at radius 3 is 2.37 bits per heavy atom. The van der Waals surface area contributed by atoms with Crippen LogP contribution in [0, 0.1) is 6.92 Å².